The van der Waals surface area contributed by atoms with Crippen LogP contribution in [0.1, 0.15) is 43.0 Å². The second-order valence-corrected chi connectivity index (χ2v) is 11.6. The number of nitrogens with zero attached hydrogens (tertiary/aromatic N) is 1. The topological polar surface area (TPSA) is 78.8 Å². The molecule has 0 aliphatic heterocycles. The molecule has 0 amide bonds. The number of para-hydroxylation sites is 1. The Morgan fingerprint density at radius 3 is 1.89 bits per heavy atom. The highest BCUT2D eigenvalue weighted by Crippen LogP contribution is 2.31. The minimum absolute atomic E-state index is 0.125. The molecule has 0 spiro atoms. The first-order valence-electron chi connectivity index (χ1n) is 12.8. The summed E-state index contributed by atoms with van der Waals surface area (Å²) in [6.07, 6.45) is 2.19. The van der Waals surface area contributed by atoms with Crippen molar-refractivity contribution in [2.75, 3.05) is 5.75 Å². The minimum Gasteiger partial charge on any atom is -0.507 e. The van der Waals surface area contributed by atoms with Gasteiger partial charge in [-0.3, -0.25) is 4.99 Å². The van der Waals surface area contributed by atoms with E-state index in [0.29, 0.717) is 17.5 Å². The molecule has 1 atom stereocenters. The van der Waals surface area contributed by atoms with Gasteiger partial charge in [-0.15, -0.1) is 0 Å². The Labute approximate surface area is 226 Å². The molecule has 6 heteroatoms. The van der Waals surface area contributed by atoms with Crippen LogP contribution in [0.3, 0.4) is 0 Å². The molecular weight excluding hydrogens is 492 g/mol. The van der Waals surface area contributed by atoms with E-state index < -0.39 is 22.1 Å². The first kappa shape index (κ1) is 27.3. The molecule has 0 bridgehead atoms. The van der Waals surface area contributed by atoms with Gasteiger partial charge in [0, 0.05) is 17.3 Å². The quantitative estimate of drug-likeness (QED) is 0.216. The highest BCUT2D eigenvalue weighted by atomic mass is 32.2. The fourth-order valence-corrected chi connectivity index (χ4v) is 5.97. The Bertz CT molecular complexity index is 1400. The number of hydrogen-bond acceptors (Lipinski definition) is 4. The molecule has 5 nitrogen and oxygen atoms in total. The molecule has 38 heavy (non-hydrogen) atoms. The van der Waals surface area contributed by atoms with Gasteiger partial charge in [0.2, 0.25) is 10.0 Å². The molecule has 0 radical (unpaired) electrons. The summed E-state index contributed by atoms with van der Waals surface area (Å²) in [4.78, 5) is 4.66. The molecule has 4 rings (SSSR count). The fourth-order valence-electron chi connectivity index (χ4n) is 4.52. The van der Waals surface area contributed by atoms with Gasteiger partial charge in [0.15, 0.2) is 0 Å². The summed E-state index contributed by atoms with van der Waals surface area (Å²) < 4.78 is 29.8. The van der Waals surface area contributed by atoms with Gasteiger partial charge in [0.1, 0.15) is 5.75 Å². The number of benzene rings is 4. The van der Waals surface area contributed by atoms with E-state index in [9.17, 15) is 13.5 Å². The Hall–Kier alpha value is -3.74. The van der Waals surface area contributed by atoms with Crippen molar-refractivity contribution in [2.24, 2.45) is 10.9 Å². The first-order valence-corrected chi connectivity index (χ1v) is 14.5. The summed E-state index contributed by atoms with van der Waals surface area (Å²) in [5, 5.41) is 10.9. The van der Waals surface area contributed by atoms with Gasteiger partial charge < -0.3 is 5.11 Å². The molecule has 4 aromatic rings. The maximum atomic E-state index is 13.5. The molecule has 2 N–H and O–H groups in total. The maximum absolute atomic E-state index is 13.5. The normalized spacial score (nSPS) is 12.8. The first-order chi connectivity index (χ1) is 18.3. The number of aliphatic imine (C=N–C) groups is 1. The van der Waals surface area contributed by atoms with Gasteiger partial charge in [0.05, 0.1) is 17.8 Å². The molecule has 4 aromatic carbocycles. The van der Waals surface area contributed by atoms with Gasteiger partial charge in [-0.05, 0) is 35.1 Å². The SMILES string of the molecule is CC(C)CC(CS(=O)(=O)NC(c1ccccc1)c1ccccc1)N=Cc1cccc(-c2ccccc2)c1O. The van der Waals surface area contributed by atoms with Crippen molar-refractivity contribution in [3.05, 3.63) is 126 Å². The second-order valence-electron chi connectivity index (χ2n) is 9.82. The lowest BCUT2D eigenvalue weighted by atomic mass is 10.00. The maximum Gasteiger partial charge on any atom is 0.214 e. The summed E-state index contributed by atoms with van der Waals surface area (Å²) in [6, 6.07) is 33.3. The van der Waals surface area contributed by atoms with E-state index in [4.69, 9.17) is 0 Å². The lowest BCUT2D eigenvalue weighted by molar-refractivity contribution is 0.476. The lowest BCUT2D eigenvalue weighted by Gasteiger charge is -2.22. The third-order valence-corrected chi connectivity index (χ3v) is 7.71. The van der Waals surface area contributed by atoms with E-state index in [1.165, 1.54) is 0 Å². The van der Waals surface area contributed by atoms with E-state index in [2.05, 4.69) is 9.71 Å². The third kappa shape index (κ3) is 7.40. The molecule has 0 saturated heterocycles. The largest absolute Gasteiger partial charge is 0.507 e. The van der Waals surface area contributed by atoms with Crippen molar-refractivity contribution in [3.8, 4) is 16.9 Å². The van der Waals surface area contributed by atoms with Crippen molar-refractivity contribution in [1.29, 1.82) is 0 Å². The van der Waals surface area contributed by atoms with Crippen LogP contribution in [0.15, 0.2) is 114 Å². The van der Waals surface area contributed by atoms with E-state index in [1.807, 2.05) is 117 Å². The van der Waals surface area contributed by atoms with Crippen molar-refractivity contribution in [1.82, 2.24) is 4.72 Å². The van der Waals surface area contributed by atoms with Crippen LogP contribution < -0.4 is 4.72 Å². The summed E-state index contributed by atoms with van der Waals surface area (Å²) in [5.41, 5.74) is 3.90. The number of hydrogen-bond donors (Lipinski definition) is 2. The van der Waals surface area contributed by atoms with Crippen LogP contribution in [-0.4, -0.2) is 31.5 Å². The van der Waals surface area contributed by atoms with Gasteiger partial charge in [0.25, 0.3) is 0 Å². The molecule has 0 aliphatic carbocycles. The van der Waals surface area contributed by atoms with Crippen LogP contribution in [0.4, 0.5) is 0 Å². The summed E-state index contributed by atoms with van der Waals surface area (Å²) in [7, 11) is -3.71. The molecule has 0 heterocycles. The second kappa shape index (κ2) is 12.7. The van der Waals surface area contributed by atoms with E-state index in [1.54, 1.807) is 12.3 Å². The van der Waals surface area contributed by atoms with E-state index >= 15 is 0 Å². The predicted octanol–water partition coefficient (Wildman–Crippen LogP) is 6.60. The van der Waals surface area contributed by atoms with Crippen molar-refractivity contribution in [2.45, 2.75) is 32.4 Å². The van der Waals surface area contributed by atoms with Crippen LogP contribution in [0.5, 0.6) is 5.75 Å². The fraction of sp³-hybridized carbons (Fsp3) is 0.219. The molecule has 0 aromatic heterocycles. The zero-order chi connectivity index (χ0) is 27.0. The highest BCUT2D eigenvalue weighted by molar-refractivity contribution is 7.89. The summed E-state index contributed by atoms with van der Waals surface area (Å²) in [5.74, 6) is 0.215. The molecule has 0 aliphatic rings. The summed E-state index contributed by atoms with van der Waals surface area (Å²) in [6.45, 7) is 4.10. The minimum atomic E-state index is -3.71. The zero-order valence-corrected chi connectivity index (χ0v) is 22.6. The monoisotopic (exact) mass is 526 g/mol. The van der Waals surface area contributed by atoms with Crippen molar-refractivity contribution >= 4 is 16.2 Å². The average molecular weight is 527 g/mol. The number of rotatable bonds is 11. The Morgan fingerprint density at radius 2 is 1.34 bits per heavy atom. The number of phenolic OH excluding ortho intramolecular Hbond substituents is 1. The summed E-state index contributed by atoms with van der Waals surface area (Å²) >= 11 is 0. The highest BCUT2D eigenvalue weighted by Gasteiger charge is 2.25. The van der Waals surface area contributed by atoms with Gasteiger partial charge in [-0.2, -0.15) is 0 Å². The third-order valence-electron chi connectivity index (χ3n) is 6.29. The van der Waals surface area contributed by atoms with Crippen LogP contribution in [0.25, 0.3) is 11.1 Å². The molecule has 0 saturated carbocycles. The number of nitrogens with one attached hydrogen (secondary N) is 1. The van der Waals surface area contributed by atoms with Crippen molar-refractivity contribution in [3.63, 3.8) is 0 Å². The van der Waals surface area contributed by atoms with Gasteiger partial charge >= 0.3 is 0 Å². The molecule has 0 fully saturated rings. The van der Waals surface area contributed by atoms with Gasteiger partial charge in [-0.25, -0.2) is 13.1 Å². The molecule has 1 unspecified atom stereocenters. The van der Waals surface area contributed by atoms with Gasteiger partial charge in [-0.1, -0.05) is 117 Å². The molecular formula is C32H34N2O3S. The number of sulfonamides is 1. The van der Waals surface area contributed by atoms with Crippen molar-refractivity contribution < 1.29 is 13.5 Å². The van der Waals surface area contributed by atoms with Crippen LogP contribution in [-0.2, 0) is 10.0 Å². The smallest absolute Gasteiger partial charge is 0.214 e. The van der Waals surface area contributed by atoms with E-state index in [0.717, 1.165) is 16.7 Å². The van der Waals surface area contributed by atoms with Crippen LogP contribution in [0.2, 0.25) is 0 Å². The number of aromatic hydroxyl groups is 1. The standard InChI is InChI=1S/C32H34N2O3S/c1-24(2)21-29(33-22-28-19-12-20-30(32(28)35)25-13-6-3-7-14-25)23-38(36,37)34-31(26-15-8-4-9-16-26)27-17-10-5-11-18-27/h3-20,22,24,29,31,34-35H,21,23H2,1-2H3. The zero-order valence-electron chi connectivity index (χ0n) is 21.7. The molecule has 196 valence electrons. The van der Waals surface area contributed by atoms with E-state index in [-0.39, 0.29) is 17.4 Å². The lowest BCUT2D eigenvalue weighted by Crippen LogP contribution is -2.35. The Kier molecular flexibility index (Phi) is 9.10. The number of phenols is 1. The van der Waals surface area contributed by atoms with Crippen LogP contribution >= 0.6 is 0 Å². The predicted molar refractivity (Wildman–Crippen MR) is 156 cm³/mol. The Morgan fingerprint density at radius 1 is 0.789 bits per heavy atom. The Balaban J connectivity index is 1.58. The average Bonchev–Trinajstić information content (AvgIpc) is 2.92. The van der Waals surface area contributed by atoms with Crippen LogP contribution in [0, 0.1) is 5.92 Å².